The van der Waals surface area contributed by atoms with E-state index in [4.69, 9.17) is 5.73 Å². The first-order valence-electron chi connectivity index (χ1n) is 7.85. The summed E-state index contributed by atoms with van der Waals surface area (Å²) in [6.45, 7) is 0. The molecule has 1 saturated carbocycles. The van der Waals surface area contributed by atoms with Gasteiger partial charge in [0.25, 0.3) is 0 Å². The van der Waals surface area contributed by atoms with Crippen LogP contribution < -0.4 is 11.1 Å². The molecule has 0 spiro atoms. The Balaban J connectivity index is 1.76. The molecule has 0 amide bonds. The van der Waals surface area contributed by atoms with Gasteiger partial charge in [0.05, 0.1) is 23.4 Å². The molecule has 4 rings (SSSR count). The highest BCUT2D eigenvalue weighted by Crippen LogP contribution is 2.31. The van der Waals surface area contributed by atoms with Crippen LogP contribution in [0.2, 0.25) is 0 Å². The van der Waals surface area contributed by atoms with Gasteiger partial charge in [-0.3, -0.25) is 5.10 Å². The zero-order chi connectivity index (χ0) is 15.8. The van der Waals surface area contributed by atoms with Crippen molar-refractivity contribution < 1.29 is 5.11 Å². The van der Waals surface area contributed by atoms with Crippen molar-refractivity contribution >= 4 is 22.4 Å². The Morgan fingerprint density at radius 2 is 2.13 bits per heavy atom. The van der Waals surface area contributed by atoms with Crippen molar-refractivity contribution in [2.24, 2.45) is 0 Å². The Labute approximate surface area is 133 Å². The van der Waals surface area contributed by atoms with E-state index in [1.54, 1.807) is 6.20 Å². The third kappa shape index (κ3) is 2.61. The summed E-state index contributed by atoms with van der Waals surface area (Å²) in [7, 11) is 0. The summed E-state index contributed by atoms with van der Waals surface area (Å²) in [5, 5.41) is 21.4. The molecule has 1 aliphatic carbocycles. The lowest BCUT2D eigenvalue weighted by molar-refractivity contribution is 0.172. The lowest BCUT2D eigenvalue weighted by Crippen LogP contribution is -2.28. The first-order chi connectivity index (χ1) is 11.2. The van der Waals surface area contributed by atoms with Crippen LogP contribution in [0.4, 0.5) is 11.5 Å². The van der Waals surface area contributed by atoms with Gasteiger partial charge in [0.1, 0.15) is 5.82 Å². The highest BCUT2D eigenvalue weighted by atomic mass is 16.3. The van der Waals surface area contributed by atoms with Gasteiger partial charge in [0, 0.05) is 28.9 Å². The number of nitrogen functional groups attached to an aromatic ring is 1. The quantitative estimate of drug-likeness (QED) is 0.596. The molecule has 2 aromatic heterocycles. The molecular formula is C17H19N5O. The predicted octanol–water partition coefficient (Wildman–Crippen LogP) is 2.53. The van der Waals surface area contributed by atoms with Crippen LogP contribution in [0.5, 0.6) is 0 Å². The molecule has 6 nitrogen and oxygen atoms in total. The number of hydrogen-bond acceptors (Lipinski definition) is 5. The van der Waals surface area contributed by atoms with Gasteiger partial charge in [0.15, 0.2) is 0 Å². The molecule has 118 valence electrons. The molecule has 1 aliphatic rings. The fourth-order valence-corrected chi connectivity index (χ4v) is 3.26. The number of benzene rings is 1. The largest absolute Gasteiger partial charge is 0.391 e. The van der Waals surface area contributed by atoms with Crippen LogP contribution in [0.3, 0.4) is 0 Å². The molecule has 6 heteroatoms. The zero-order valence-corrected chi connectivity index (χ0v) is 12.7. The first-order valence-corrected chi connectivity index (χ1v) is 7.85. The standard InChI is InChI=1S/C17H19N5O/c18-17-9-15(20-13-2-1-3-16(13)23)11-5-4-10(8-14(11)21-17)12-6-7-19-22-12/h4-9,13,16,23H,1-3H2,(H,19,22)(H3,18,20,21)/t13-,16+/m0/s1. The summed E-state index contributed by atoms with van der Waals surface area (Å²) in [6, 6.07) is 9.89. The SMILES string of the molecule is Nc1cc(N[C@H]2CCC[C@H]2O)c2ccc(-c3ccn[nH]3)cc2n1. The van der Waals surface area contributed by atoms with E-state index in [0.717, 1.165) is 47.1 Å². The van der Waals surface area contributed by atoms with Crippen LogP contribution in [0.15, 0.2) is 36.5 Å². The van der Waals surface area contributed by atoms with Crippen LogP contribution in [0.25, 0.3) is 22.2 Å². The second-order valence-electron chi connectivity index (χ2n) is 6.05. The van der Waals surface area contributed by atoms with Gasteiger partial charge in [-0.2, -0.15) is 5.10 Å². The van der Waals surface area contributed by atoms with E-state index in [9.17, 15) is 5.11 Å². The van der Waals surface area contributed by atoms with Gasteiger partial charge in [0.2, 0.25) is 0 Å². The minimum atomic E-state index is -0.302. The van der Waals surface area contributed by atoms with Gasteiger partial charge in [-0.15, -0.1) is 0 Å². The topological polar surface area (TPSA) is 99.9 Å². The predicted molar refractivity (Wildman–Crippen MR) is 91.0 cm³/mol. The number of aliphatic hydroxyl groups excluding tert-OH is 1. The molecule has 0 radical (unpaired) electrons. The molecule has 0 bridgehead atoms. The van der Waals surface area contributed by atoms with Crippen molar-refractivity contribution in [2.75, 3.05) is 11.1 Å². The number of nitrogens with zero attached hydrogens (tertiary/aromatic N) is 2. The van der Waals surface area contributed by atoms with Crippen LogP contribution in [-0.4, -0.2) is 32.4 Å². The minimum absolute atomic E-state index is 0.0762. The average molecular weight is 309 g/mol. The Morgan fingerprint density at radius 1 is 1.22 bits per heavy atom. The Hall–Kier alpha value is -2.60. The van der Waals surface area contributed by atoms with E-state index in [-0.39, 0.29) is 12.1 Å². The molecule has 3 aromatic rings. The second-order valence-corrected chi connectivity index (χ2v) is 6.05. The molecule has 2 heterocycles. The van der Waals surface area contributed by atoms with Crippen molar-refractivity contribution in [3.63, 3.8) is 0 Å². The summed E-state index contributed by atoms with van der Waals surface area (Å²) >= 11 is 0. The van der Waals surface area contributed by atoms with Gasteiger partial charge in [-0.25, -0.2) is 4.98 Å². The van der Waals surface area contributed by atoms with Crippen molar-refractivity contribution in [2.45, 2.75) is 31.4 Å². The minimum Gasteiger partial charge on any atom is -0.391 e. The van der Waals surface area contributed by atoms with E-state index in [2.05, 4.69) is 20.5 Å². The summed E-state index contributed by atoms with van der Waals surface area (Å²) < 4.78 is 0. The number of pyridine rings is 1. The molecule has 23 heavy (non-hydrogen) atoms. The van der Waals surface area contributed by atoms with E-state index in [0.29, 0.717) is 5.82 Å². The molecular weight excluding hydrogens is 290 g/mol. The molecule has 0 aliphatic heterocycles. The number of H-pyrrole nitrogens is 1. The first kappa shape index (κ1) is 14.0. The number of hydrogen-bond donors (Lipinski definition) is 4. The van der Waals surface area contributed by atoms with Crippen molar-refractivity contribution in [1.82, 2.24) is 15.2 Å². The maximum atomic E-state index is 10.0. The molecule has 5 N–H and O–H groups in total. The number of nitrogens with one attached hydrogen (secondary N) is 2. The third-order valence-electron chi connectivity index (χ3n) is 4.46. The molecule has 1 fully saturated rings. The fourth-order valence-electron chi connectivity index (χ4n) is 3.26. The maximum Gasteiger partial charge on any atom is 0.126 e. The molecule has 0 saturated heterocycles. The average Bonchev–Trinajstić information content (AvgIpc) is 3.19. The van der Waals surface area contributed by atoms with E-state index in [1.165, 1.54) is 0 Å². The fraction of sp³-hybridized carbons (Fsp3) is 0.294. The van der Waals surface area contributed by atoms with Crippen LogP contribution in [0, 0.1) is 0 Å². The van der Waals surface area contributed by atoms with Gasteiger partial charge in [-0.1, -0.05) is 12.1 Å². The number of fused-ring (bicyclic) bond motifs is 1. The Bertz CT molecular complexity index is 830. The van der Waals surface area contributed by atoms with Crippen molar-refractivity contribution in [3.05, 3.63) is 36.5 Å². The number of aromatic amines is 1. The number of anilines is 2. The van der Waals surface area contributed by atoms with Gasteiger partial charge < -0.3 is 16.2 Å². The Morgan fingerprint density at radius 3 is 2.87 bits per heavy atom. The van der Waals surface area contributed by atoms with Crippen LogP contribution >= 0.6 is 0 Å². The second kappa shape index (κ2) is 5.55. The number of aliphatic hydroxyl groups is 1. The normalized spacial score (nSPS) is 20.9. The lowest BCUT2D eigenvalue weighted by atomic mass is 10.1. The molecule has 0 unspecified atom stereocenters. The van der Waals surface area contributed by atoms with E-state index < -0.39 is 0 Å². The molecule has 2 atom stereocenters. The highest BCUT2D eigenvalue weighted by Gasteiger charge is 2.25. The highest BCUT2D eigenvalue weighted by molar-refractivity contribution is 5.95. The van der Waals surface area contributed by atoms with Crippen molar-refractivity contribution in [1.29, 1.82) is 0 Å². The molecule has 1 aromatic carbocycles. The summed E-state index contributed by atoms with van der Waals surface area (Å²) in [5.41, 5.74) is 9.68. The zero-order valence-electron chi connectivity index (χ0n) is 12.7. The van der Waals surface area contributed by atoms with E-state index in [1.807, 2.05) is 30.3 Å². The monoisotopic (exact) mass is 309 g/mol. The number of rotatable bonds is 3. The Kier molecular flexibility index (Phi) is 3.38. The van der Waals surface area contributed by atoms with E-state index >= 15 is 0 Å². The van der Waals surface area contributed by atoms with Crippen LogP contribution in [-0.2, 0) is 0 Å². The number of nitrogens with two attached hydrogens (primary N) is 1. The van der Waals surface area contributed by atoms with Crippen LogP contribution in [0.1, 0.15) is 19.3 Å². The lowest BCUT2D eigenvalue weighted by Gasteiger charge is -2.19. The van der Waals surface area contributed by atoms with Gasteiger partial charge >= 0.3 is 0 Å². The third-order valence-corrected chi connectivity index (χ3v) is 4.46. The summed E-state index contributed by atoms with van der Waals surface area (Å²) in [5.74, 6) is 0.467. The summed E-state index contributed by atoms with van der Waals surface area (Å²) in [4.78, 5) is 4.44. The van der Waals surface area contributed by atoms with Gasteiger partial charge in [-0.05, 0) is 31.4 Å². The van der Waals surface area contributed by atoms with Crippen molar-refractivity contribution in [3.8, 4) is 11.3 Å². The summed E-state index contributed by atoms with van der Waals surface area (Å²) in [6.07, 6.45) is 4.28. The maximum absolute atomic E-state index is 10.0. The smallest absolute Gasteiger partial charge is 0.126 e. The number of aromatic nitrogens is 3.